The van der Waals surface area contributed by atoms with E-state index in [2.05, 4.69) is 16.9 Å². The number of methoxy groups -OCH3 is 1. The molecular weight excluding hydrogens is 324 g/mol. The number of phenols is 1. The molecular formula is C18H20N2O3S. The molecule has 0 amide bonds. The first-order chi connectivity index (χ1) is 11.5. The van der Waals surface area contributed by atoms with E-state index in [1.54, 1.807) is 12.3 Å². The number of nitrogens with zero attached hydrogens (tertiary/aromatic N) is 2. The van der Waals surface area contributed by atoms with Crippen molar-refractivity contribution in [3.63, 3.8) is 0 Å². The quantitative estimate of drug-likeness (QED) is 0.685. The molecule has 1 aromatic heterocycles. The molecule has 0 saturated heterocycles. The number of hydrogen-bond acceptors (Lipinski definition) is 6. The molecule has 1 N–H and O–H groups in total. The standard InChI is InChI=1S/C18H20N2O3S/c1-11-5-4-6-12(16(11)21)9-19-17-15(18(22)23-3)13-7-8-20(2)10-14(13)24-17/h4-6,9,21H,7-8,10H2,1-3H3. The number of phenolic OH excluding ortho intramolecular Hbond substituents is 1. The first-order valence-corrected chi connectivity index (χ1v) is 8.57. The molecule has 2 aromatic rings. The van der Waals surface area contributed by atoms with Crippen LogP contribution in [0.5, 0.6) is 5.75 Å². The van der Waals surface area contributed by atoms with Gasteiger partial charge in [-0.3, -0.25) is 0 Å². The Morgan fingerprint density at radius 1 is 1.46 bits per heavy atom. The van der Waals surface area contributed by atoms with E-state index < -0.39 is 0 Å². The molecule has 6 heteroatoms. The van der Waals surface area contributed by atoms with Gasteiger partial charge in [0.2, 0.25) is 0 Å². The van der Waals surface area contributed by atoms with Crippen molar-refractivity contribution in [1.29, 1.82) is 0 Å². The van der Waals surface area contributed by atoms with Crippen LogP contribution < -0.4 is 0 Å². The molecule has 0 aliphatic carbocycles. The minimum atomic E-state index is -0.349. The first kappa shape index (κ1) is 16.7. The molecule has 0 atom stereocenters. The lowest BCUT2D eigenvalue weighted by Crippen LogP contribution is -2.26. The Hall–Kier alpha value is -2.18. The molecule has 1 aliphatic heterocycles. The van der Waals surface area contributed by atoms with Crippen molar-refractivity contribution in [2.45, 2.75) is 19.9 Å². The van der Waals surface area contributed by atoms with E-state index in [0.717, 1.165) is 35.5 Å². The second-order valence-electron chi connectivity index (χ2n) is 5.93. The lowest BCUT2D eigenvalue weighted by molar-refractivity contribution is 0.0600. The molecule has 0 spiro atoms. The molecule has 1 aromatic carbocycles. The monoisotopic (exact) mass is 344 g/mol. The van der Waals surface area contributed by atoms with Gasteiger partial charge in [-0.25, -0.2) is 9.79 Å². The zero-order chi connectivity index (χ0) is 17.3. The summed E-state index contributed by atoms with van der Waals surface area (Å²) in [5, 5.41) is 10.8. The smallest absolute Gasteiger partial charge is 0.341 e. The van der Waals surface area contributed by atoms with Crippen LogP contribution in [0.4, 0.5) is 5.00 Å². The van der Waals surface area contributed by atoms with Crippen molar-refractivity contribution in [1.82, 2.24) is 4.90 Å². The fourth-order valence-corrected chi connectivity index (χ4v) is 4.09. The number of thiophene rings is 1. The molecule has 126 valence electrons. The van der Waals surface area contributed by atoms with E-state index >= 15 is 0 Å². The highest BCUT2D eigenvalue weighted by Gasteiger charge is 2.27. The summed E-state index contributed by atoms with van der Waals surface area (Å²) in [5.74, 6) is -0.139. The molecule has 3 rings (SSSR count). The van der Waals surface area contributed by atoms with E-state index in [0.29, 0.717) is 16.1 Å². The Kier molecular flexibility index (Phi) is 4.69. The topological polar surface area (TPSA) is 62.1 Å². The van der Waals surface area contributed by atoms with Crippen LogP contribution in [0.25, 0.3) is 0 Å². The van der Waals surface area contributed by atoms with Gasteiger partial charge in [0.15, 0.2) is 0 Å². The van der Waals surface area contributed by atoms with Gasteiger partial charge in [-0.1, -0.05) is 12.1 Å². The van der Waals surface area contributed by atoms with Crippen LogP contribution in [0.1, 0.15) is 31.9 Å². The molecule has 0 radical (unpaired) electrons. The molecule has 5 nitrogen and oxygen atoms in total. The van der Waals surface area contributed by atoms with Crippen molar-refractivity contribution < 1.29 is 14.6 Å². The number of fused-ring (bicyclic) bond motifs is 1. The fourth-order valence-electron chi connectivity index (χ4n) is 2.83. The maximum absolute atomic E-state index is 12.2. The van der Waals surface area contributed by atoms with Crippen molar-refractivity contribution >= 4 is 28.5 Å². The highest BCUT2D eigenvalue weighted by molar-refractivity contribution is 7.16. The third kappa shape index (κ3) is 3.07. The number of likely N-dealkylation sites (N-methyl/N-ethyl adjacent to an activating group) is 1. The normalized spacial score (nSPS) is 14.8. The number of aliphatic imine (C=N–C) groups is 1. The average Bonchev–Trinajstić information content (AvgIpc) is 2.92. The van der Waals surface area contributed by atoms with Crippen LogP contribution in [-0.4, -0.2) is 42.9 Å². The summed E-state index contributed by atoms with van der Waals surface area (Å²) in [6.07, 6.45) is 2.42. The Morgan fingerprint density at radius 2 is 2.25 bits per heavy atom. The largest absolute Gasteiger partial charge is 0.507 e. The van der Waals surface area contributed by atoms with E-state index in [9.17, 15) is 9.90 Å². The van der Waals surface area contributed by atoms with Gasteiger partial charge in [-0.2, -0.15) is 0 Å². The number of benzene rings is 1. The van der Waals surface area contributed by atoms with Gasteiger partial charge >= 0.3 is 5.97 Å². The maximum atomic E-state index is 12.2. The number of esters is 1. The molecule has 0 unspecified atom stereocenters. The van der Waals surface area contributed by atoms with Crippen LogP contribution in [0.15, 0.2) is 23.2 Å². The number of aryl methyl sites for hydroxylation is 1. The molecule has 1 aliphatic rings. The zero-order valence-corrected chi connectivity index (χ0v) is 14.8. The molecule has 0 saturated carbocycles. The summed E-state index contributed by atoms with van der Waals surface area (Å²) >= 11 is 1.52. The van der Waals surface area contributed by atoms with Crippen LogP contribution in [0.3, 0.4) is 0 Å². The predicted octanol–water partition coefficient (Wildman–Crippen LogP) is 3.29. The van der Waals surface area contributed by atoms with Crippen molar-refractivity contribution in [2.24, 2.45) is 4.99 Å². The lowest BCUT2D eigenvalue weighted by atomic mass is 10.0. The average molecular weight is 344 g/mol. The Labute approximate surface area is 145 Å². The molecule has 24 heavy (non-hydrogen) atoms. The second-order valence-corrected chi connectivity index (χ2v) is 7.02. The maximum Gasteiger partial charge on any atom is 0.341 e. The summed E-state index contributed by atoms with van der Waals surface area (Å²) in [7, 11) is 3.45. The fraction of sp³-hybridized carbons (Fsp3) is 0.333. The second kappa shape index (κ2) is 6.75. The summed E-state index contributed by atoms with van der Waals surface area (Å²) in [5.41, 5.74) is 3.04. The van der Waals surface area contributed by atoms with Gasteiger partial charge in [0.05, 0.1) is 12.7 Å². The number of ether oxygens (including phenoxy) is 1. The van der Waals surface area contributed by atoms with Gasteiger partial charge in [0.1, 0.15) is 10.8 Å². The number of hydrogen-bond donors (Lipinski definition) is 1. The molecule has 2 heterocycles. The Bertz CT molecular complexity index is 811. The zero-order valence-electron chi connectivity index (χ0n) is 14.0. The summed E-state index contributed by atoms with van der Waals surface area (Å²) in [6, 6.07) is 5.50. The highest BCUT2D eigenvalue weighted by Crippen LogP contribution is 2.39. The van der Waals surface area contributed by atoms with Crippen molar-refractivity contribution in [2.75, 3.05) is 20.7 Å². The number of rotatable bonds is 3. The summed E-state index contributed by atoms with van der Waals surface area (Å²) in [4.78, 5) is 20.1. The minimum absolute atomic E-state index is 0.210. The van der Waals surface area contributed by atoms with Crippen LogP contribution in [0.2, 0.25) is 0 Å². The number of carbonyl (C=O) groups is 1. The van der Waals surface area contributed by atoms with Crippen LogP contribution in [-0.2, 0) is 17.7 Å². The summed E-state index contributed by atoms with van der Waals surface area (Å²) in [6.45, 7) is 3.57. The van der Waals surface area contributed by atoms with Crippen LogP contribution >= 0.6 is 11.3 Å². The minimum Gasteiger partial charge on any atom is -0.507 e. The van der Waals surface area contributed by atoms with E-state index in [1.165, 1.54) is 18.4 Å². The first-order valence-electron chi connectivity index (χ1n) is 7.75. The molecule has 0 fully saturated rings. The number of para-hydroxylation sites is 1. The number of carbonyl (C=O) groups excluding carboxylic acids is 1. The predicted molar refractivity (Wildman–Crippen MR) is 95.8 cm³/mol. The SMILES string of the molecule is COC(=O)c1c(N=Cc2cccc(C)c2O)sc2c1CCN(C)C2. The summed E-state index contributed by atoms with van der Waals surface area (Å²) < 4.78 is 4.95. The van der Waals surface area contributed by atoms with E-state index in [-0.39, 0.29) is 11.7 Å². The van der Waals surface area contributed by atoms with Crippen molar-refractivity contribution in [3.05, 3.63) is 45.3 Å². The number of aromatic hydroxyl groups is 1. The van der Waals surface area contributed by atoms with Gasteiger partial charge in [-0.15, -0.1) is 11.3 Å². The Balaban J connectivity index is 2.02. The van der Waals surface area contributed by atoms with Gasteiger partial charge < -0.3 is 14.7 Å². The highest BCUT2D eigenvalue weighted by atomic mass is 32.1. The third-order valence-electron chi connectivity index (χ3n) is 4.21. The van der Waals surface area contributed by atoms with Crippen molar-refractivity contribution in [3.8, 4) is 5.75 Å². The van der Waals surface area contributed by atoms with E-state index in [4.69, 9.17) is 4.74 Å². The lowest BCUT2D eigenvalue weighted by Gasteiger charge is -2.22. The Morgan fingerprint density at radius 3 is 3.00 bits per heavy atom. The van der Waals surface area contributed by atoms with Gasteiger partial charge in [-0.05, 0) is 37.6 Å². The van der Waals surface area contributed by atoms with Gasteiger partial charge in [0, 0.05) is 29.7 Å². The molecule has 0 bridgehead atoms. The van der Waals surface area contributed by atoms with Crippen LogP contribution in [0, 0.1) is 6.92 Å². The van der Waals surface area contributed by atoms with Gasteiger partial charge in [0.25, 0.3) is 0 Å². The van der Waals surface area contributed by atoms with E-state index in [1.807, 2.05) is 19.1 Å². The third-order valence-corrected chi connectivity index (χ3v) is 5.33.